The number of ether oxygens (including phenoxy) is 3. The fraction of sp³-hybridized carbons (Fsp3) is 0.389. The third kappa shape index (κ3) is 3.62. The first-order valence-electron chi connectivity index (χ1n) is 8.45. The highest BCUT2D eigenvalue weighted by molar-refractivity contribution is 5.89. The second-order valence-corrected chi connectivity index (χ2v) is 6.34. The monoisotopic (exact) mass is 392 g/mol. The summed E-state index contributed by atoms with van der Waals surface area (Å²) in [5.74, 6) is -0.664. The number of rotatable bonds is 6. The van der Waals surface area contributed by atoms with E-state index in [1.54, 1.807) is 30.3 Å². The van der Waals surface area contributed by atoms with Crippen LogP contribution in [0.3, 0.4) is 0 Å². The van der Waals surface area contributed by atoms with Crippen LogP contribution >= 0.6 is 0 Å². The Kier molecular flexibility index (Phi) is 5.75. The Balaban J connectivity index is 1.85. The number of methoxy groups -OCH3 is 1. The van der Waals surface area contributed by atoms with Gasteiger partial charge in [-0.3, -0.25) is 14.3 Å². The maximum absolute atomic E-state index is 12.2. The zero-order valence-corrected chi connectivity index (χ0v) is 15.0. The van der Waals surface area contributed by atoms with E-state index in [-0.39, 0.29) is 0 Å². The van der Waals surface area contributed by atoms with E-state index in [0.29, 0.717) is 5.56 Å². The van der Waals surface area contributed by atoms with Gasteiger partial charge in [-0.1, -0.05) is 18.2 Å². The molecule has 10 heteroatoms. The fourth-order valence-electron chi connectivity index (χ4n) is 3.06. The van der Waals surface area contributed by atoms with E-state index in [9.17, 15) is 24.6 Å². The van der Waals surface area contributed by atoms with Gasteiger partial charge in [0.1, 0.15) is 18.8 Å². The van der Waals surface area contributed by atoms with Crippen LogP contribution < -0.4 is 11.2 Å². The van der Waals surface area contributed by atoms with E-state index in [2.05, 4.69) is 4.98 Å². The molecular formula is C18H20N2O8. The largest absolute Gasteiger partial charge is 0.459 e. The van der Waals surface area contributed by atoms with Crippen LogP contribution in [0.2, 0.25) is 0 Å². The zero-order valence-electron chi connectivity index (χ0n) is 15.0. The van der Waals surface area contributed by atoms with E-state index in [4.69, 9.17) is 14.2 Å². The summed E-state index contributed by atoms with van der Waals surface area (Å²) in [6.07, 6.45) is -2.46. The number of aromatic amines is 1. The predicted octanol–water partition coefficient (Wildman–Crippen LogP) is -0.971. The number of benzene rings is 1. The van der Waals surface area contributed by atoms with Gasteiger partial charge >= 0.3 is 11.7 Å². The Morgan fingerprint density at radius 1 is 1.29 bits per heavy atom. The molecule has 1 saturated heterocycles. The van der Waals surface area contributed by atoms with Crippen LogP contribution in [-0.2, 0) is 14.2 Å². The molecule has 150 valence electrons. The van der Waals surface area contributed by atoms with Gasteiger partial charge in [0.25, 0.3) is 5.56 Å². The molecule has 1 aliphatic heterocycles. The molecule has 0 spiro atoms. The molecule has 0 radical (unpaired) electrons. The van der Waals surface area contributed by atoms with Crippen LogP contribution in [0.1, 0.15) is 16.6 Å². The maximum Gasteiger partial charge on any atom is 0.338 e. The van der Waals surface area contributed by atoms with Crippen molar-refractivity contribution in [1.29, 1.82) is 0 Å². The smallest absolute Gasteiger partial charge is 0.338 e. The summed E-state index contributed by atoms with van der Waals surface area (Å²) in [5.41, 5.74) is -2.80. The second kappa shape index (κ2) is 8.07. The molecule has 1 aromatic heterocycles. The van der Waals surface area contributed by atoms with Crippen LogP contribution in [0.4, 0.5) is 0 Å². The normalized spacial score (nSPS) is 26.9. The van der Waals surface area contributed by atoms with Gasteiger partial charge in [0, 0.05) is 19.4 Å². The first-order chi connectivity index (χ1) is 13.4. The first kappa shape index (κ1) is 20.0. The average molecular weight is 392 g/mol. The fourth-order valence-corrected chi connectivity index (χ4v) is 3.06. The van der Waals surface area contributed by atoms with Crippen molar-refractivity contribution in [2.45, 2.75) is 24.0 Å². The molecule has 10 nitrogen and oxygen atoms in total. The zero-order chi connectivity index (χ0) is 20.3. The number of H-pyrrole nitrogens is 1. The third-order valence-electron chi connectivity index (χ3n) is 4.61. The first-order valence-corrected chi connectivity index (χ1v) is 8.45. The van der Waals surface area contributed by atoms with Crippen molar-refractivity contribution in [3.05, 3.63) is 69.0 Å². The summed E-state index contributed by atoms with van der Waals surface area (Å²) in [6.45, 7) is -1.18. The standard InChI is InChI=1S/C18H20N2O8/c1-26-13-14(23)18(9-21,10-27-16(24)11-5-3-2-4-6-11)28-15(13)20-8-7-12(22)19-17(20)25/h2-8,13-15,21,23H,9-10H2,1H3,(H,19,22,25)/t13?,14?,15-,18+/m1/s1. The molecular weight excluding hydrogens is 372 g/mol. The molecule has 28 heavy (non-hydrogen) atoms. The molecule has 2 aromatic rings. The summed E-state index contributed by atoms with van der Waals surface area (Å²) in [4.78, 5) is 37.6. The molecule has 2 unspecified atom stereocenters. The summed E-state index contributed by atoms with van der Waals surface area (Å²) >= 11 is 0. The number of esters is 1. The quantitative estimate of drug-likeness (QED) is 0.534. The highest BCUT2D eigenvalue weighted by Crippen LogP contribution is 2.38. The number of hydrogen-bond donors (Lipinski definition) is 3. The Morgan fingerprint density at radius 2 is 2.00 bits per heavy atom. The number of nitrogens with one attached hydrogen (secondary N) is 1. The lowest BCUT2D eigenvalue weighted by molar-refractivity contribution is -0.152. The van der Waals surface area contributed by atoms with Gasteiger partial charge in [-0.25, -0.2) is 9.59 Å². The number of aliphatic hydroxyl groups is 2. The van der Waals surface area contributed by atoms with Crippen LogP contribution in [-0.4, -0.2) is 63.9 Å². The lowest BCUT2D eigenvalue weighted by atomic mass is 9.97. The number of nitrogens with zero attached hydrogens (tertiary/aromatic N) is 1. The van der Waals surface area contributed by atoms with E-state index in [1.807, 2.05) is 0 Å². The Morgan fingerprint density at radius 3 is 2.61 bits per heavy atom. The van der Waals surface area contributed by atoms with Gasteiger partial charge in [-0.2, -0.15) is 0 Å². The summed E-state index contributed by atoms with van der Waals surface area (Å²) in [7, 11) is 1.30. The SMILES string of the molecule is COC1C(O)[C@](CO)(COC(=O)c2ccccc2)O[C@H]1n1ccc(=O)[nH]c1=O. The van der Waals surface area contributed by atoms with Gasteiger partial charge in [-0.05, 0) is 12.1 Å². The van der Waals surface area contributed by atoms with Crippen molar-refractivity contribution in [3.8, 4) is 0 Å². The van der Waals surface area contributed by atoms with Gasteiger partial charge < -0.3 is 24.4 Å². The number of carbonyl (C=O) groups excluding carboxylic acids is 1. The Bertz CT molecular complexity index is 940. The number of aliphatic hydroxyl groups excluding tert-OH is 2. The predicted molar refractivity (Wildman–Crippen MR) is 94.8 cm³/mol. The van der Waals surface area contributed by atoms with Gasteiger partial charge in [0.2, 0.25) is 0 Å². The molecule has 3 rings (SSSR count). The van der Waals surface area contributed by atoms with Crippen molar-refractivity contribution in [3.63, 3.8) is 0 Å². The van der Waals surface area contributed by atoms with Crippen molar-refractivity contribution in [2.24, 2.45) is 0 Å². The molecule has 0 amide bonds. The lowest BCUT2D eigenvalue weighted by Gasteiger charge is -2.29. The van der Waals surface area contributed by atoms with E-state index in [1.165, 1.54) is 13.3 Å². The summed E-state index contributed by atoms with van der Waals surface area (Å²) < 4.78 is 17.2. The van der Waals surface area contributed by atoms with E-state index in [0.717, 1.165) is 10.6 Å². The molecule has 4 atom stereocenters. The Hall–Kier alpha value is -2.79. The second-order valence-electron chi connectivity index (χ2n) is 6.34. The van der Waals surface area contributed by atoms with Crippen molar-refractivity contribution in [1.82, 2.24) is 9.55 Å². The lowest BCUT2D eigenvalue weighted by Crippen LogP contribution is -2.50. The maximum atomic E-state index is 12.2. The molecule has 1 aliphatic rings. The molecule has 2 heterocycles. The van der Waals surface area contributed by atoms with E-state index >= 15 is 0 Å². The molecule has 0 bridgehead atoms. The minimum atomic E-state index is -1.72. The van der Waals surface area contributed by atoms with Crippen molar-refractivity contribution in [2.75, 3.05) is 20.3 Å². The Labute approximate surface area is 158 Å². The molecule has 1 aromatic carbocycles. The topological polar surface area (TPSA) is 140 Å². The van der Waals surface area contributed by atoms with Gasteiger partial charge in [-0.15, -0.1) is 0 Å². The highest BCUT2D eigenvalue weighted by atomic mass is 16.6. The van der Waals surface area contributed by atoms with Crippen molar-refractivity contribution < 1.29 is 29.2 Å². The van der Waals surface area contributed by atoms with E-state index < -0.39 is 54.5 Å². The minimum absolute atomic E-state index is 0.291. The van der Waals surface area contributed by atoms with Gasteiger partial charge in [0.15, 0.2) is 11.8 Å². The minimum Gasteiger partial charge on any atom is -0.459 e. The van der Waals surface area contributed by atoms with Gasteiger partial charge in [0.05, 0.1) is 12.2 Å². The number of carbonyl (C=O) groups is 1. The average Bonchev–Trinajstić information content (AvgIpc) is 2.98. The van der Waals surface area contributed by atoms with Crippen LogP contribution in [0, 0.1) is 0 Å². The molecule has 1 fully saturated rings. The third-order valence-corrected chi connectivity index (χ3v) is 4.61. The highest BCUT2D eigenvalue weighted by Gasteiger charge is 2.56. The van der Waals surface area contributed by atoms with Crippen LogP contribution in [0.15, 0.2) is 52.2 Å². The summed E-state index contributed by atoms with van der Waals surface area (Å²) in [6, 6.07) is 9.29. The molecule has 0 saturated carbocycles. The molecule has 0 aliphatic carbocycles. The van der Waals surface area contributed by atoms with Crippen molar-refractivity contribution >= 4 is 5.97 Å². The number of hydrogen-bond acceptors (Lipinski definition) is 8. The summed E-state index contributed by atoms with van der Waals surface area (Å²) in [5, 5.41) is 20.6. The van der Waals surface area contributed by atoms with Crippen LogP contribution in [0.5, 0.6) is 0 Å². The molecule has 3 N–H and O–H groups in total. The van der Waals surface area contributed by atoms with Crippen LogP contribution in [0.25, 0.3) is 0 Å². The number of aromatic nitrogens is 2.